The zero-order valence-corrected chi connectivity index (χ0v) is 16.6. The number of aromatic nitrogens is 1. The van der Waals surface area contributed by atoms with Crippen LogP contribution in [0.2, 0.25) is 15.1 Å². The van der Waals surface area contributed by atoms with Gasteiger partial charge in [-0.1, -0.05) is 34.8 Å². The molecule has 2 aromatic carbocycles. The van der Waals surface area contributed by atoms with Crippen molar-refractivity contribution in [2.75, 3.05) is 7.11 Å². The van der Waals surface area contributed by atoms with Crippen molar-refractivity contribution in [2.45, 2.75) is 13.3 Å². The first kappa shape index (κ1) is 19.5. The number of carbonyl (C=O) groups is 2. The van der Waals surface area contributed by atoms with Gasteiger partial charge in [-0.25, -0.2) is 0 Å². The number of fused-ring (bicyclic) bond motifs is 1. The van der Waals surface area contributed by atoms with E-state index in [-0.39, 0.29) is 27.6 Å². The molecule has 0 saturated carbocycles. The lowest BCUT2D eigenvalue weighted by molar-refractivity contribution is -0.136. The number of ketones is 1. The highest BCUT2D eigenvalue weighted by molar-refractivity contribution is 6.43. The van der Waals surface area contributed by atoms with Crippen molar-refractivity contribution in [1.82, 2.24) is 4.98 Å². The van der Waals surface area contributed by atoms with E-state index in [1.807, 2.05) is 0 Å². The maximum Gasteiger partial charge on any atom is 0.307 e. The number of halogens is 3. The van der Waals surface area contributed by atoms with Crippen LogP contribution in [0, 0.1) is 6.92 Å². The molecule has 3 aromatic rings. The lowest BCUT2D eigenvalue weighted by atomic mass is 9.95. The first-order valence-corrected chi connectivity index (χ1v) is 8.97. The molecule has 0 bridgehead atoms. The van der Waals surface area contributed by atoms with Gasteiger partial charge in [0, 0.05) is 21.6 Å². The molecule has 0 aliphatic carbocycles. The number of hydrogen-bond donors (Lipinski definition) is 2. The predicted molar refractivity (Wildman–Crippen MR) is 106 cm³/mol. The molecule has 0 atom stereocenters. The number of nitrogens with one attached hydrogen (secondary N) is 1. The van der Waals surface area contributed by atoms with E-state index in [0.717, 1.165) is 0 Å². The Morgan fingerprint density at radius 3 is 2.30 bits per heavy atom. The highest BCUT2D eigenvalue weighted by Gasteiger charge is 2.26. The van der Waals surface area contributed by atoms with E-state index in [9.17, 15) is 14.7 Å². The Kier molecular flexibility index (Phi) is 5.38. The Labute approximate surface area is 169 Å². The van der Waals surface area contributed by atoms with E-state index in [4.69, 9.17) is 39.5 Å². The number of H-pyrrole nitrogens is 1. The average Bonchev–Trinajstić information content (AvgIpc) is 2.88. The summed E-state index contributed by atoms with van der Waals surface area (Å²) in [5, 5.41) is 10.3. The summed E-state index contributed by atoms with van der Waals surface area (Å²) < 4.78 is 5.37. The Bertz CT molecular complexity index is 1070. The first-order chi connectivity index (χ1) is 12.7. The molecule has 0 fully saturated rings. The zero-order chi connectivity index (χ0) is 19.9. The summed E-state index contributed by atoms with van der Waals surface area (Å²) in [5.41, 5.74) is 2.05. The van der Waals surface area contributed by atoms with Gasteiger partial charge in [0.1, 0.15) is 5.75 Å². The molecule has 1 aromatic heterocycles. The van der Waals surface area contributed by atoms with Crippen LogP contribution in [0.5, 0.6) is 5.75 Å². The molecule has 140 valence electrons. The fourth-order valence-corrected chi connectivity index (χ4v) is 4.11. The van der Waals surface area contributed by atoms with Crippen LogP contribution in [0.3, 0.4) is 0 Å². The molecule has 2 N–H and O–H groups in total. The van der Waals surface area contributed by atoms with Crippen molar-refractivity contribution < 1.29 is 19.4 Å². The minimum Gasteiger partial charge on any atom is -0.496 e. The van der Waals surface area contributed by atoms with Crippen LogP contribution >= 0.6 is 34.8 Å². The van der Waals surface area contributed by atoms with Gasteiger partial charge in [0.25, 0.3) is 0 Å². The van der Waals surface area contributed by atoms with Crippen molar-refractivity contribution in [2.24, 2.45) is 0 Å². The molecule has 8 heteroatoms. The molecule has 0 amide bonds. The number of benzene rings is 2. The lowest BCUT2D eigenvalue weighted by Gasteiger charge is -2.13. The van der Waals surface area contributed by atoms with Crippen molar-refractivity contribution in [1.29, 1.82) is 0 Å². The lowest BCUT2D eigenvalue weighted by Crippen LogP contribution is -2.08. The van der Waals surface area contributed by atoms with E-state index in [1.165, 1.54) is 19.2 Å². The van der Waals surface area contributed by atoms with Crippen LogP contribution in [-0.2, 0) is 11.2 Å². The molecule has 3 rings (SSSR count). The summed E-state index contributed by atoms with van der Waals surface area (Å²) in [5.74, 6) is -1.20. The van der Waals surface area contributed by atoms with Crippen molar-refractivity contribution in [3.63, 3.8) is 0 Å². The third kappa shape index (κ3) is 3.50. The number of aryl methyl sites for hydroxylation is 1. The number of carbonyl (C=O) groups excluding carboxylic acids is 1. The molecule has 0 saturated heterocycles. The maximum absolute atomic E-state index is 13.4. The molecule has 0 unspecified atom stereocenters. The minimum atomic E-state index is -1.01. The van der Waals surface area contributed by atoms with E-state index >= 15 is 0 Å². The van der Waals surface area contributed by atoms with Gasteiger partial charge in [-0.2, -0.15) is 0 Å². The van der Waals surface area contributed by atoms with E-state index in [2.05, 4.69) is 4.98 Å². The molecular weight excluding hydrogens is 413 g/mol. The van der Waals surface area contributed by atoms with Crippen LogP contribution in [0.15, 0.2) is 24.3 Å². The molecule has 27 heavy (non-hydrogen) atoms. The molecule has 5 nitrogen and oxygen atoms in total. The number of hydrogen-bond acceptors (Lipinski definition) is 3. The Hall–Kier alpha value is -2.21. The van der Waals surface area contributed by atoms with Gasteiger partial charge in [-0.3, -0.25) is 9.59 Å². The largest absolute Gasteiger partial charge is 0.496 e. The van der Waals surface area contributed by atoms with Gasteiger partial charge >= 0.3 is 5.97 Å². The number of rotatable bonds is 5. The normalized spacial score (nSPS) is 11.0. The average molecular weight is 427 g/mol. The fraction of sp³-hybridized carbons (Fsp3) is 0.158. The second-order valence-corrected chi connectivity index (χ2v) is 7.19. The second kappa shape index (κ2) is 7.43. The quantitative estimate of drug-likeness (QED) is 0.542. The van der Waals surface area contributed by atoms with Crippen molar-refractivity contribution in [3.8, 4) is 5.75 Å². The van der Waals surface area contributed by atoms with Gasteiger partial charge < -0.3 is 14.8 Å². The van der Waals surface area contributed by atoms with E-state index in [1.54, 1.807) is 19.1 Å². The van der Waals surface area contributed by atoms with Crippen LogP contribution in [-0.4, -0.2) is 29.0 Å². The smallest absolute Gasteiger partial charge is 0.307 e. The number of aliphatic carboxylic acids is 1. The monoisotopic (exact) mass is 425 g/mol. The summed E-state index contributed by atoms with van der Waals surface area (Å²) in [6.07, 6.45) is -0.249. The van der Waals surface area contributed by atoms with Gasteiger partial charge in [0.15, 0.2) is 5.78 Å². The molecule has 1 heterocycles. The number of aromatic amines is 1. The number of methoxy groups -OCH3 is 1. The summed E-state index contributed by atoms with van der Waals surface area (Å²) in [7, 11) is 1.43. The minimum absolute atomic E-state index is 0.0775. The standard InChI is InChI=1S/C19H14Cl3NO4/c1-8-10(7-15(24)25)16-13(23-8)3-4-14(27-2)18(16)19(26)17-11(21)5-9(20)6-12(17)22/h3-6,23H,7H2,1-2H3,(H,24,25). The third-order valence-corrected chi connectivity index (χ3v) is 5.07. The number of carboxylic acids is 1. The van der Waals surface area contributed by atoms with E-state index < -0.39 is 11.8 Å². The first-order valence-electron chi connectivity index (χ1n) is 7.83. The molecule has 0 aliphatic rings. The summed E-state index contributed by atoms with van der Waals surface area (Å²) in [6.45, 7) is 1.75. The predicted octanol–water partition coefficient (Wildman–Crippen LogP) is 5.30. The highest BCUT2D eigenvalue weighted by atomic mass is 35.5. The van der Waals surface area contributed by atoms with Gasteiger partial charge in [0.05, 0.1) is 34.7 Å². The Balaban J connectivity index is 2.36. The molecule has 0 radical (unpaired) electrons. The SMILES string of the molecule is COc1ccc2[nH]c(C)c(CC(=O)O)c2c1C(=O)c1c(Cl)cc(Cl)cc1Cl. The third-order valence-electron chi connectivity index (χ3n) is 4.25. The van der Waals surface area contributed by atoms with Gasteiger partial charge in [-0.05, 0) is 36.8 Å². The number of ether oxygens (including phenoxy) is 1. The van der Waals surface area contributed by atoms with Crippen LogP contribution in [0.4, 0.5) is 0 Å². The van der Waals surface area contributed by atoms with Crippen LogP contribution < -0.4 is 4.74 Å². The van der Waals surface area contributed by atoms with Crippen molar-refractivity contribution >= 4 is 57.5 Å². The molecule has 0 aliphatic heterocycles. The van der Waals surface area contributed by atoms with E-state index in [0.29, 0.717) is 32.9 Å². The number of carboxylic acid groups (broad SMARTS) is 1. The fourth-order valence-electron chi connectivity index (χ4n) is 3.12. The van der Waals surface area contributed by atoms with Crippen molar-refractivity contribution in [3.05, 3.63) is 61.7 Å². The Morgan fingerprint density at radius 1 is 1.11 bits per heavy atom. The zero-order valence-electron chi connectivity index (χ0n) is 14.3. The molecule has 0 spiro atoms. The van der Waals surface area contributed by atoms with Gasteiger partial charge in [-0.15, -0.1) is 0 Å². The maximum atomic E-state index is 13.4. The van der Waals surface area contributed by atoms with Crippen LogP contribution in [0.25, 0.3) is 10.9 Å². The van der Waals surface area contributed by atoms with Crippen LogP contribution in [0.1, 0.15) is 27.2 Å². The summed E-state index contributed by atoms with van der Waals surface area (Å²) in [4.78, 5) is 27.8. The second-order valence-electron chi connectivity index (χ2n) is 5.94. The van der Waals surface area contributed by atoms with Gasteiger partial charge in [0.2, 0.25) is 0 Å². The summed E-state index contributed by atoms with van der Waals surface area (Å²) in [6, 6.07) is 6.22. The highest BCUT2D eigenvalue weighted by Crippen LogP contribution is 2.38. The topological polar surface area (TPSA) is 79.4 Å². The molecular formula is C19H14Cl3NO4. The summed E-state index contributed by atoms with van der Waals surface area (Å²) >= 11 is 18.4. The Morgan fingerprint density at radius 2 is 1.74 bits per heavy atom.